The fraction of sp³-hybridized carbons (Fsp3) is 0.429. The standard InChI is InChI=1S/C14H17FN2O/c1-10(2)7-13(9-16)17-14(18)8-11-3-5-12(15)6-4-11/h3-6,10,13H,7-8H2,1-2H3,(H,17,18)/t13-/m0/s1. The number of rotatable bonds is 5. The molecule has 0 unspecified atom stereocenters. The van der Waals surface area contributed by atoms with E-state index in [2.05, 4.69) is 11.4 Å². The molecule has 0 heterocycles. The van der Waals surface area contributed by atoms with Gasteiger partial charge in [-0.1, -0.05) is 26.0 Å². The minimum absolute atomic E-state index is 0.163. The Morgan fingerprint density at radius 1 is 1.39 bits per heavy atom. The van der Waals surface area contributed by atoms with E-state index in [0.29, 0.717) is 12.3 Å². The van der Waals surface area contributed by atoms with Crippen LogP contribution in [0.25, 0.3) is 0 Å². The second-order valence-corrected chi connectivity index (χ2v) is 4.68. The van der Waals surface area contributed by atoms with Gasteiger partial charge in [-0.15, -0.1) is 0 Å². The Bertz CT molecular complexity index is 434. The number of halogens is 1. The van der Waals surface area contributed by atoms with Crippen molar-refractivity contribution in [2.24, 2.45) is 5.92 Å². The first-order valence-electron chi connectivity index (χ1n) is 5.94. The molecule has 0 aromatic heterocycles. The quantitative estimate of drug-likeness (QED) is 0.870. The van der Waals surface area contributed by atoms with Crippen LogP contribution < -0.4 is 5.32 Å². The van der Waals surface area contributed by atoms with Crippen molar-refractivity contribution in [3.63, 3.8) is 0 Å². The number of hydrogen-bond donors (Lipinski definition) is 1. The maximum atomic E-state index is 12.7. The van der Waals surface area contributed by atoms with E-state index >= 15 is 0 Å². The molecule has 0 radical (unpaired) electrons. The van der Waals surface area contributed by atoms with Crippen LogP contribution in [-0.2, 0) is 11.2 Å². The zero-order valence-electron chi connectivity index (χ0n) is 10.6. The third kappa shape index (κ3) is 4.96. The van der Waals surface area contributed by atoms with Crippen molar-refractivity contribution in [3.8, 4) is 6.07 Å². The van der Waals surface area contributed by atoms with Crippen LogP contribution in [0.5, 0.6) is 0 Å². The van der Waals surface area contributed by atoms with E-state index < -0.39 is 6.04 Å². The molecule has 1 atom stereocenters. The Morgan fingerprint density at radius 3 is 2.50 bits per heavy atom. The lowest BCUT2D eigenvalue weighted by molar-refractivity contribution is -0.120. The first-order valence-corrected chi connectivity index (χ1v) is 5.94. The fourth-order valence-corrected chi connectivity index (χ4v) is 1.65. The Balaban J connectivity index is 2.50. The van der Waals surface area contributed by atoms with E-state index in [0.717, 1.165) is 5.56 Å². The predicted octanol–water partition coefficient (Wildman–Crippen LogP) is 2.42. The van der Waals surface area contributed by atoms with Crippen LogP contribution in [0.1, 0.15) is 25.8 Å². The van der Waals surface area contributed by atoms with Gasteiger partial charge in [-0.05, 0) is 30.0 Å². The first kappa shape index (κ1) is 14.2. The molecule has 0 fully saturated rings. The Labute approximate surface area is 107 Å². The number of nitrogens with one attached hydrogen (secondary N) is 1. The fourth-order valence-electron chi connectivity index (χ4n) is 1.65. The van der Waals surface area contributed by atoms with Gasteiger partial charge in [0.1, 0.15) is 11.9 Å². The van der Waals surface area contributed by atoms with E-state index in [-0.39, 0.29) is 18.1 Å². The van der Waals surface area contributed by atoms with Crippen LogP contribution in [0.2, 0.25) is 0 Å². The number of carbonyl (C=O) groups excluding carboxylic acids is 1. The predicted molar refractivity (Wildman–Crippen MR) is 67.1 cm³/mol. The molecule has 0 aliphatic rings. The molecule has 1 amide bonds. The van der Waals surface area contributed by atoms with Crippen LogP contribution in [0.15, 0.2) is 24.3 Å². The second kappa shape index (κ2) is 6.75. The average molecular weight is 248 g/mol. The number of amides is 1. The third-order valence-electron chi connectivity index (χ3n) is 2.48. The highest BCUT2D eigenvalue weighted by atomic mass is 19.1. The van der Waals surface area contributed by atoms with E-state index in [1.54, 1.807) is 12.1 Å². The number of carbonyl (C=O) groups is 1. The molecule has 4 heteroatoms. The summed E-state index contributed by atoms with van der Waals surface area (Å²) in [4.78, 5) is 11.7. The third-order valence-corrected chi connectivity index (χ3v) is 2.48. The molecule has 0 bridgehead atoms. The summed E-state index contributed by atoms with van der Waals surface area (Å²) in [6.07, 6.45) is 0.794. The highest BCUT2D eigenvalue weighted by molar-refractivity contribution is 5.79. The number of nitriles is 1. The SMILES string of the molecule is CC(C)C[C@@H](C#N)NC(=O)Cc1ccc(F)cc1. The van der Waals surface area contributed by atoms with Crippen LogP contribution in [0.4, 0.5) is 4.39 Å². The molecular formula is C14H17FN2O. The maximum absolute atomic E-state index is 12.7. The van der Waals surface area contributed by atoms with Crippen molar-refractivity contribution in [3.05, 3.63) is 35.6 Å². The van der Waals surface area contributed by atoms with Gasteiger partial charge in [0.05, 0.1) is 12.5 Å². The lowest BCUT2D eigenvalue weighted by Gasteiger charge is -2.13. The second-order valence-electron chi connectivity index (χ2n) is 4.68. The molecule has 1 aromatic carbocycles. The van der Waals surface area contributed by atoms with Gasteiger partial charge in [-0.25, -0.2) is 4.39 Å². The Kier molecular flexibility index (Phi) is 5.31. The van der Waals surface area contributed by atoms with Crippen molar-refractivity contribution in [1.29, 1.82) is 5.26 Å². The van der Waals surface area contributed by atoms with Gasteiger partial charge in [0.15, 0.2) is 0 Å². The maximum Gasteiger partial charge on any atom is 0.225 e. The molecule has 18 heavy (non-hydrogen) atoms. The van der Waals surface area contributed by atoms with Crippen LogP contribution >= 0.6 is 0 Å². The van der Waals surface area contributed by atoms with Crippen LogP contribution in [0, 0.1) is 23.1 Å². The number of nitrogens with zero attached hydrogens (tertiary/aromatic N) is 1. The van der Waals surface area contributed by atoms with Gasteiger partial charge in [0.25, 0.3) is 0 Å². The Morgan fingerprint density at radius 2 is 2.00 bits per heavy atom. The molecule has 0 spiro atoms. The zero-order chi connectivity index (χ0) is 13.5. The molecule has 0 aliphatic heterocycles. The van der Waals surface area contributed by atoms with Gasteiger partial charge < -0.3 is 5.32 Å². The van der Waals surface area contributed by atoms with E-state index in [9.17, 15) is 9.18 Å². The minimum atomic E-state index is -0.460. The summed E-state index contributed by atoms with van der Waals surface area (Å²) in [5.74, 6) is -0.191. The highest BCUT2D eigenvalue weighted by Crippen LogP contribution is 2.06. The van der Waals surface area contributed by atoms with Crippen molar-refractivity contribution < 1.29 is 9.18 Å². The number of hydrogen-bond acceptors (Lipinski definition) is 2. The smallest absolute Gasteiger partial charge is 0.225 e. The molecule has 0 saturated carbocycles. The van der Waals surface area contributed by atoms with Gasteiger partial charge in [-0.3, -0.25) is 4.79 Å². The van der Waals surface area contributed by atoms with E-state index in [1.807, 2.05) is 13.8 Å². The molecular weight excluding hydrogens is 231 g/mol. The largest absolute Gasteiger partial charge is 0.340 e. The minimum Gasteiger partial charge on any atom is -0.340 e. The van der Waals surface area contributed by atoms with Gasteiger partial charge in [0, 0.05) is 0 Å². The van der Waals surface area contributed by atoms with Crippen LogP contribution in [0.3, 0.4) is 0 Å². The number of benzene rings is 1. The van der Waals surface area contributed by atoms with Gasteiger partial charge in [0.2, 0.25) is 5.91 Å². The lowest BCUT2D eigenvalue weighted by Crippen LogP contribution is -2.35. The summed E-state index contributed by atoms with van der Waals surface area (Å²) in [5, 5.41) is 11.6. The summed E-state index contributed by atoms with van der Waals surface area (Å²) in [6.45, 7) is 3.99. The van der Waals surface area contributed by atoms with Gasteiger partial charge >= 0.3 is 0 Å². The van der Waals surface area contributed by atoms with E-state index in [1.165, 1.54) is 12.1 Å². The molecule has 3 nitrogen and oxygen atoms in total. The Hall–Kier alpha value is -1.89. The summed E-state index contributed by atoms with van der Waals surface area (Å²) < 4.78 is 12.7. The van der Waals surface area contributed by atoms with Crippen molar-refractivity contribution >= 4 is 5.91 Å². The summed E-state index contributed by atoms with van der Waals surface area (Å²) in [7, 11) is 0. The average Bonchev–Trinajstić information content (AvgIpc) is 2.30. The van der Waals surface area contributed by atoms with Crippen molar-refractivity contribution in [1.82, 2.24) is 5.32 Å². The van der Waals surface area contributed by atoms with Crippen LogP contribution in [-0.4, -0.2) is 11.9 Å². The molecule has 1 aromatic rings. The molecule has 1 rings (SSSR count). The molecule has 0 saturated heterocycles. The summed E-state index contributed by atoms with van der Waals surface area (Å²) in [6, 6.07) is 7.38. The highest BCUT2D eigenvalue weighted by Gasteiger charge is 2.13. The monoisotopic (exact) mass is 248 g/mol. The molecule has 0 aliphatic carbocycles. The summed E-state index contributed by atoms with van der Waals surface area (Å²) in [5.41, 5.74) is 0.732. The normalized spacial score (nSPS) is 11.9. The van der Waals surface area contributed by atoms with Crippen molar-refractivity contribution in [2.75, 3.05) is 0 Å². The molecule has 96 valence electrons. The van der Waals surface area contributed by atoms with Crippen molar-refractivity contribution in [2.45, 2.75) is 32.7 Å². The first-order chi connectivity index (χ1) is 8.51. The summed E-state index contributed by atoms with van der Waals surface area (Å²) >= 11 is 0. The molecule has 1 N–H and O–H groups in total. The van der Waals surface area contributed by atoms with E-state index in [4.69, 9.17) is 5.26 Å². The lowest BCUT2D eigenvalue weighted by atomic mass is 10.0. The van der Waals surface area contributed by atoms with Gasteiger partial charge in [-0.2, -0.15) is 5.26 Å². The topological polar surface area (TPSA) is 52.9 Å². The zero-order valence-corrected chi connectivity index (χ0v) is 10.6.